The van der Waals surface area contributed by atoms with Crippen LogP contribution in [0.1, 0.15) is 63.9 Å². The van der Waals surface area contributed by atoms with E-state index >= 15 is 0 Å². The molecule has 1 fully saturated rings. The first-order valence-corrected chi connectivity index (χ1v) is 8.49. The number of aryl methyl sites for hydroxylation is 2. The van der Waals surface area contributed by atoms with Crippen molar-refractivity contribution in [3.8, 4) is 0 Å². The Morgan fingerprint density at radius 2 is 2.15 bits per heavy atom. The summed E-state index contributed by atoms with van der Waals surface area (Å²) in [7, 11) is 2.00. The van der Waals surface area contributed by atoms with Crippen LogP contribution in [-0.2, 0) is 13.5 Å². The zero-order valence-corrected chi connectivity index (χ0v) is 13.3. The molecule has 114 valence electrons. The van der Waals surface area contributed by atoms with Gasteiger partial charge < -0.3 is 5.32 Å². The van der Waals surface area contributed by atoms with Crippen LogP contribution in [0.4, 0.5) is 0 Å². The molecule has 20 heavy (non-hydrogen) atoms. The quantitative estimate of drug-likeness (QED) is 0.746. The predicted octanol–water partition coefficient (Wildman–Crippen LogP) is 3.69. The van der Waals surface area contributed by atoms with Gasteiger partial charge in [0.2, 0.25) is 0 Å². The average molecular weight is 277 g/mol. The summed E-state index contributed by atoms with van der Waals surface area (Å²) in [6.45, 7) is 3.41. The number of nitrogens with zero attached hydrogens (tertiary/aromatic N) is 2. The van der Waals surface area contributed by atoms with Gasteiger partial charge in [-0.05, 0) is 50.1 Å². The summed E-state index contributed by atoms with van der Waals surface area (Å²) >= 11 is 0. The fourth-order valence-electron chi connectivity index (χ4n) is 3.37. The fourth-order valence-corrected chi connectivity index (χ4v) is 3.37. The third-order valence-corrected chi connectivity index (χ3v) is 4.62. The van der Waals surface area contributed by atoms with Gasteiger partial charge in [0.25, 0.3) is 0 Å². The maximum Gasteiger partial charge on any atom is 0.0521 e. The molecule has 3 heteroatoms. The van der Waals surface area contributed by atoms with Crippen molar-refractivity contribution in [2.24, 2.45) is 13.0 Å². The van der Waals surface area contributed by atoms with E-state index in [4.69, 9.17) is 0 Å². The van der Waals surface area contributed by atoms with Gasteiger partial charge in [-0.15, -0.1) is 0 Å². The van der Waals surface area contributed by atoms with Crippen LogP contribution in [0, 0.1) is 5.92 Å². The Hall–Kier alpha value is -0.830. The van der Waals surface area contributed by atoms with Crippen LogP contribution in [0.2, 0.25) is 0 Å². The van der Waals surface area contributed by atoms with Gasteiger partial charge in [0.05, 0.1) is 6.20 Å². The topological polar surface area (TPSA) is 29.9 Å². The monoisotopic (exact) mass is 277 g/mol. The van der Waals surface area contributed by atoms with Crippen molar-refractivity contribution >= 4 is 0 Å². The van der Waals surface area contributed by atoms with Gasteiger partial charge in [0.15, 0.2) is 0 Å². The Morgan fingerprint density at radius 1 is 1.35 bits per heavy atom. The summed E-state index contributed by atoms with van der Waals surface area (Å²) < 4.78 is 1.91. The first-order valence-electron chi connectivity index (χ1n) is 8.49. The SMILES string of the molecule is CCCNC(CCc1cnn(C)c1)CCC1CCCC1. The van der Waals surface area contributed by atoms with Crippen molar-refractivity contribution in [2.75, 3.05) is 6.54 Å². The van der Waals surface area contributed by atoms with Crippen LogP contribution in [0.15, 0.2) is 12.4 Å². The minimum absolute atomic E-state index is 0.691. The molecule has 1 heterocycles. The second-order valence-electron chi connectivity index (χ2n) is 6.44. The second-order valence-corrected chi connectivity index (χ2v) is 6.44. The number of rotatable bonds is 9. The lowest BCUT2D eigenvalue weighted by Crippen LogP contribution is -2.30. The normalized spacial score (nSPS) is 17.7. The first-order chi connectivity index (χ1) is 9.78. The second kappa shape index (κ2) is 8.46. The molecular formula is C17H31N3. The van der Waals surface area contributed by atoms with Crippen LogP contribution >= 0.6 is 0 Å². The van der Waals surface area contributed by atoms with Crippen molar-refractivity contribution < 1.29 is 0 Å². The van der Waals surface area contributed by atoms with Crippen LogP contribution < -0.4 is 5.32 Å². The standard InChI is InChI=1S/C17H31N3/c1-3-12-18-17(10-8-15-6-4-5-7-15)11-9-16-13-19-20(2)14-16/h13-15,17-18H,3-12H2,1-2H3. The summed E-state index contributed by atoms with van der Waals surface area (Å²) in [5.74, 6) is 1.01. The molecule has 2 rings (SSSR count). The molecule has 1 unspecified atom stereocenters. The van der Waals surface area contributed by atoms with E-state index in [9.17, 15) is 0 Å². The highest BCUT2D eigenvalue weighted by Gasteiger charge is 2.17. The van der Waals surface area contributed by atoms with Gasteiger partial charge in [0.1, 0.15) is 0 Å². The molecule has 0 amide bonds. The molecule has 0 saturated heterocycles. The summed E-state index contributed by atoms with van der Waals surface area (Å²) in [6.07, 6.45) is 16.4. The first kappa shape index (κ1) is 15.6. The lowest BCUT2D eigenvalue weighted by atomic mass is 9.95. The van der Waals surface area contributed by atoms with E-state index in [1.165, 1.54) is 56.9 Å². The number of hydrogen-bond acceptors (Lipinski definition) is 2. The molecule has 1 aliphatic rings. The third kappa shape index (κ3) is 5.28. The van der Waals surface area contributed by atoms with Crippen LogP contribution in [0.5, 0.6) is 0 Å². The van der Waals surface area contributed by atoms with Crippen molar-refractivity contribution in [3.63, 3.8) is 0 Å². The minimum Gasteiger partial charge on any atom is -0.314 e. The highest BCUT2D eigenvalue weighted by molar-refractivity contribution is 5.04. The van der Waals surface area contributed by atoms with Gasteiger partial charge in [-0.1, -0.05) is 32.6 Å². The number of hydrogen-bond donors (Lipinski definition) is 1. The molecule has 1 N–H and O–H groups in total. The van der Waals surface area contributed by atoms with E-state index < -0.39 is 0 Å². The van der Waals surface area contributed by atoms with Crippen LogP contribution in [0.25, 0.3) is 0 Å². The molecule has 0 bridgehead atoms. The molecule has 1 saturated carbocycles. The van der Waals surface area contributed by atoms with E-state index in [1.54, 1.807) is 0 Å². The van der Waals surface area contributed by atoms with Crippen molar-refractivity contribution in [3.05, 3.63) is 18.0 Å². The minimum atomic E-state index is 0.691. The van der Waals surface area contributed by atoms with Gasteiger partial charge in [-0.3, -0.25) is 4.68 Å². The van der Waals surface area contributed by atoms with E-state index in [-0.39, 0.29) is 0 Å². The highest BCUT2D eigenvalue weighted by atomic mass is 15.2. The predicted molar refractivity (Wildman–Crippen MR) is 84.8 cm³/mol. The number of nitrogens with one attached hydrogen (secondary N) is 1. The molecule has 0 radical (unpaired) electrons. The smallest absolute Gasteiger partial charge is 0.0521 e. The molecule has 1 aromatic rings. The third-order valence-electron chi connectivity index (χ3n) is 4.62. The Labute approximate surface area is 124 Å². The molecule has 1 aliphatic carbocycles. The maximum absolute atomic E-state index is 4.26. The summed E-state index contributed by atoms with van der Waals surface area (Å²) in [6, 6.07) is 0.691. The van der Waals surface area contributed by atoms with Crippen molar-refractivity contribution in [2.45, 2.75) is 70.8 Å². The highest BCUT2D eigenvalue weighted by Crippen LogP contribution is 2.29. The molecule has 0 aliphatic heterocycles. The van der Waals surface area contributed by atoms with Gasteiger partial charge in [-0.25, -0.2) is 0 Å². The average Bonchev–Trinajstić information content (AvgIpc) is 3.09. The van der Waals surface area contributed by atoms with Gasteiger partial charge in [-0.2, -0.15) is 5.10 Å². The molecule has 3 nitrogen and oxygen atoms in total. The van der Waals surface area contributed by atoms with Crippen LogP contribution in [-0.4, -0.2) is 22.4 Å². The van der Waals surface area contributed by atoms with E-state index in [2.05, 4.69) is 23.5 Å². The summed E-state index contributed by atoms with van der Waals surface area (Å²) in [5, 5.41) is 8.01. The Bertz CT molecular complexity index is 366. The molecule has 0 aromatic carbocycles. The molecule has 1 aromatic heterocycles. The lowest BCUT2D eigenvalue weighted by molar-refractivity contribution is 0.389. The van der Waals surface area contributed by atoms with Crippen molar-refractivity contribution in [1.29, 1.82) is 0 Å². The van der Waals surface area contributed by atoms with Gasteiger partial charge in [0, 0.05) is 19.3 Å². The van der Waals surface area contributed by atoms with Gasteiger partial charge >= 0.3 is 0 Å². The Kier molecular flexibility index (Phi) is 6.58. The van der Waals surface area contributed by atoms with Crippen molar-refractivity contribution in [1.82, 2.24) is 15.1 Å². The van der Waals surface area contributed by atoms with E-state index in [0.29, 0.717) is 6.04 Å². The fraction of sp³-hybridized carbons (Fsp3) is 0.824. The lowest BCUT2D eigenvalue weighted by Gasteiger charge is -2.20. The maximum atomic E-state index is 4.26. The molecular weight excluding hydrogens is 246 g/mol. The van der Waals surface area contributed by atoms with E-state index in [0.717, 1.165) is 18.9 Å². The largest absolute Gasteiger partial charge is 0.314 e. The van der Waals surface area contributed by atoms with E-state index in [1.807, 2.05) is 17.9 Å². The zero-order valence-electron chi connectivity index (χ0n) is 13.3. The van der Waals surface area contributed by atoms with Crippen LogP contribution in [0.3, 0.4) is 0 Å². The number of aromatic nitrogens is 2. The molecule has 1 atom stereocenters. The Morgan fingerprint density at radius 3 is 2.80 bits per heavy atom. The Balaban J connectivity index is 1.73. The molecule has 0 spiro atoms. The summed E-state index contributed by atoms with van der Waals surface area (Å²) in [5.41, 5.74) is 1.37. The summed E-state index contributed by atoms with van der Waals surface area (Å²) in [4.78, 5) is 0. The zero-order chi connectivity index (χ0) is 14.2.